The second-order valence-corrected chi connectivity index (χ2v) is 4.20. The molecule has 0 saturated heterocycles. The van der Waals surface area contributed by atoms with E-state index in [1.54, 1.807) is 7.11 Å². The zero-order valence-electron chi connectivity index (χ0n) is 8.25. The van der Waals surface area contributed by atoms with Crippen LogP contribution < -0.4 is 0 Å². The molecule has 0 aromatic carbocycles. The van der Waals surface area contributed by atoms with Crippen LogP contribution in [0, 0.1) is 0 Å². The number of allylic oxidation sites excluding steroid dienone is 1. The third-order valence-corrected chi connectivity index (χ3v) is 3.32. The van der Waals surface area contributed by atoms with Crippen LogP contribution in [0.2, 0.25) is 0 Å². The van der Waals surface area contributed by atoms with E-state index in [0.29, 0.717) is 0 Å². The molecule has 0 aliphatic heterocycles. The molecule has 0 heterocycles. The lowest BCUT2D eigenvalue weighted by molar-refractivity contribution is -0.0157. The van der Waals surface area contributed by atoms with E-state index in [0.717, 1.165) is 25.7 Å². The maximum atomic E-state index is 10.1. The zero-order chi connectivity index (χ0) is 9.31. The Labute approximate surface area is 79.6 Å². The lowest BCUT2D eigenvalue weighted by Crippen LogP contribution is -2.32. The van der Waals surface area contributed by atoms with Gasteiger partial charge >= 0.3 is 0 Å². The minimum atomic E-state index is -0.335. The molecule has 2 nitrogen and oxygen atoms in total. The molecule has 2 aliphatic rings. The van der Waals surface area contributed by atoms with E-state index in [-0.39, 0.29) is 11.7 Å². The van der Waals surface area contributed by atoms with Crippen molar-refractivity contribution in [2.24, 2.45) is 0 Å². The summed E-state index contributed by atoms with van der Waals surface area (Å²) in [4.78, 5) is 0. The first kappa shape index (κ1) is 9.22. The topological polar surface area (TPSA) is 29.5 Å². The fourth-order valence-corrected chi connectivity index (χ4v) is 2.16. The van der Waals surface area contributed by atoms with E-state index in [9.17, 15) is 5.11 Å². The highest BCUT2D eigenvalue weighted by molar-refractivity contribution is 5.20. The van der Waals surface area contributed by atoms with Gasteiger partial charge < -0.3 is 9.84 Å². The van der Waals surface area contributed by atoms with Gasteiger partial charge in [-0.3, -0.25) is 0 Å². The molecule has 0 aromatic heterocycles. The van der Waals surface area contributed by atoms with Crippen LogP contribution in [-0.2, 0) is 4.74 Å². The molecule has 1 unspecified atom stereocenters. The average molecular weight is 182 g/mol. The molecule has 1 fully saturated rings. The van der Waals surface area contributed by atoms with E-state index in [2.05, 4.69) is 6.08 Å². The van der Waals surface area contributed by atoms with Crippen molar-refractivity contribution in [2.45, 2.75) is 50.2 Å². The standard InChI is InChI=1S/C11H18O2/c1-13-11(7-8-11)10(12)9-5-3-2-4-6-9/h5,10,12H,2-4,6-8H2,1H3. The van der Waals surface area contributed by atoms with Crippen LogP contribution in [0.15, 0.2) is 11.6 Å². The summed E-state index contributed by atoms with van der Waals surface area (Å²) in [5.74, 6) is 0. The Bertz CT molecular complexity index is 216. The molecule has 0 bridgehead atoms. The number of hydrogen-bond donors (Lipinski definition) is 1. The van der Waals surface area contributed by atoms with Crippen LogP contribution in [0.4, 0.5) is 0 Å². The first-order valence-corrected chi connectivity index (χ1v) is 5.21. The molecule has 1 atom stereocenters. The number of rotatable bonds is 3. The number of aliphatic hydroxyl groups is 1. The highest BCUT2D eigenvalue weighted by Gasteiger charge is 2.50. The summed E-state index contributed by atoms with van der Waals surface area (Å²) in [6.07, 6.45) is 8.59. The lowest BCUT2D eigenvalue weighted by Gasteiger charge is -2.25. The first-order valence-electron chi connectivity index (χ1n) is 5.21. The van der Waals surface area contributed by atoms with Gasteiger partial charge in [0.2, 0.25) is 0 Å². The number of ether oxygens (including phenoxy) is 1. The maximum Gasteiger partial charge on any atom is 0.104 e. The van der Waals surface area contributed by atoms with Crippen LogP contribution in [0.3, 0.4) is 0 Å². The van der Waals surface area contributed by atoms with Crippen LogP contribution in [0.1, 0.15) is 38.5 Å². The largest absolute Gasteiger partial charge is 0.386 e. The Kier molecular flexibility index (Phi) is 2.43. The van der Waals surface area contributed by atoms with Gasteiger partial charge in [0.1, 0.15) is 6.10 Å². The summed E-state index contributed by atoms with van der Waals surface area (Å²) in [5, 5.41) is 10.1. The van der Waals surface area contributed by atoms with Gasteiger partial charge in [0.25, 0.3) is 0 Å². The van der Waals surface area contributed by atoms with Gasteiger partial charge in [0.05, 0.1) is 5.60 Å². The fraction of sp³-hybridized carbons (Fsp3) is 0.818. The molecule has 0 amide bonds. The molecule has 0 aromatic rings. The Hall–Kier alpha value is -0.340. The predicted molar refractivity (Wildman–Crippen MR) is 51.5 cm³/mol. The van der Waals surface area contributed by atoms with Crippen molar-refractivity contribution in [2.75, 3.05) is 7.11 Å². The molecule has 0 radical (unpaired) electrons. The van der Waals surface area contributed by atoms with E-state index in [1.165, 1.54) is 18.4 Å². The summed E-state index contributed by atoms with van der Waals surface area (Å²) in [5.41, 5.74) is 1.01. The van der Waals surface area contributed by atoms with Crippen LogP contribution in [0.25, 0.3) is 0 Å². The second kappa shape index (κ2) is 3.43. The quantitative estimate of drug-likeness (QED) is 0.677. The first-order chi connectivity index (χ1) is 6.28. The van der Waals surface area contributed by atoms with E-state index >= 15 is 0 Å². The molecular weight excluding hydrogens is 164 g/mol. The monoisotopic (exact) mass is 182 g/mol. The SMILES string of the molecule is COC1(C(O)C2=CCCCC2)CC1. The minimum absolute atomic E-state index is 0.205. The van der Waals surface area contributed by atoms with E-state index < -0.39 is 0 Å². The third kappa shape index (κ3) is 1.65. The zero-order valence-corrected chi connectivity index (χ0v) is 8.25. The summed E-state index contributed by atoms with van der Waals surface area (Å²) < 4.78 is 5.37. The highest BCUT2D eigenvalue weighted by Crippen LogP contribution is 2.45. The molecule has 0 spiro atoms. The number of methoxy groups -OCH3 is 1. The minimum Gasteiger partial charge on any atom is -0.386 e. The Morgan fingerprint density at radius 1 is 1.46 bits per heavy atom. The normalized spacial score (nSPS) is 28.0. The van der Waals surface area contributed by atoms with Crippen molar-refractivity contribution in [3.05, 3.63) is 11.6 Å². The molecule has 74 valence electrons. The van der Waals surface area contributed by atoms with Crippen LogP contribution >= 0.6 is 0 Å². The van der Waals surface area contributed by atoms with E-state index in [1.807, 2.05) is 0 Å². The summed E-state index contributed by atoms with van der Waals surface area (Å²) in [6.45, 7) is 0. The van der Waals surface area contributed by atoms with Gasteiger partial charge in [0.15, 0.2) is 0 Å². The van der Waals surface area contributed by atoms with Crippen LogP contribution in [-0.4, -0.2) is 23.9 Å². The Morgan fingerprint density at radius 2 is 2.23 bits per heavy atom. The lowest BCUT2D eigenvalue weighted by atomic mass is 9.92. The highest BCUT2D eigenvalue weighted by atomic mass is 16.5. The van der Waals surface area contributed by atoms with Crippen molar-refractivity contribution in [1.29, 1.82) is 0 Å². The summed E-state index contributed by atoms with van der Waals surface area (Å²) in [7, 11) is 1.71. The molecule has 1 N–H and O–H groups in total. The second-order valence-electron chi connectivity index (χ2n) is 4.20. The maximum absolute atomic E-state index is 10.1. The average Bonchev–Trinajstić information content (AvgIpc) is 2.99. The van der Waals surface area contributed by atoms with Gasteiger partial charge in [-0.15, -0.1) is 0 Å². The molecule has 2 heteroatoms. The summed E-state index contributed by atoms with van der Waals surface area (Å²) >= 11 is 0. The van der Waals surface area contributed by atoms with Gasteiger partial charge in [-0.05, 0) is 44.1 Å². The molecule has 2 aliphatic carbocycles. The van der Waals surface area contributed by atoms with Crippen molar-refractivity contribution in [3.63, 3.8) is 0 Å². The van der Waals surface area contributed by atoms with Crippen molar-refractivity contribution in [3.8, 4) is 0 Å². The Balaban J connectivity index is 2.03. The number of aliphatic hydroxyl groups excluding tert-OH is 1. The van der Waals surface area contributed by atoms with Crippen LogP contribution in [0.5, 0.6) is 0 Å². The molecule has 2 rings (SSSR count). The molecule has 13 heavy (non-hydrogen) atoms. The molecule has 1 saturated carbocycles. The van der Waals surface area contributed by atoms with Gasteiger partial charge in [-0.2, -0.15) is 0 Å². The van der Waals surface area contributed by atoms with Gasteiger partial charge in [0, 0.05) is 7.11 Å². The predicted octanol–water partition coefficient (Wildman–Crippen LogP) is 2.03. The van der Waals surface area contributed by atoms with E-state index in [4.69, 9.17) is 4.74 Å². The third-order valence-electron chi connectivity index (χ3n) is 3.32. The molecular formula is C11H18O2. The summed E-state index contributed by atoms with van der Waals surface area (Å²) in [6, 6.07) is 0. The number of hydrogen-bond acceptors (Lipinski definition) is 2. The van der Waals surface area contributed by atoms with Gasteiger partial charge in [-0.1, -0.05) is 6.08 Å². The van der Waals surface area contributed by atoms with Crippen molar-refractivity contribution >= 4 is 0 Å². The van der Waals surface area contributed by atoms with Crippen molar-refractivity contribution in [1.82, 2.24) is 0 Å². The smallest absolute Gasteiger partial charge is 0.104 e. The van der Waals surface area contributed by atoms with Gasteiger partial charge in [-0.25, -0.2) is 0 Å². The van der Waals surface area contributed by atoms with Crippen molar-refractivity contribution < 1.29 is 9.84 Å². The fourth-order valence-electron chi connectivity index (χ4n) is 2.16. The Morgan fingerprint density at radius 3 is 2.69 bits per heavy atom.